The highest BCUT2D eigenvalue weighted by Gasteiger charge is 2.37. The zero-order valence-electron chi connectivity index (χ0n) is 11.9. The van der Waals surface area contributed by atoms with E-state index in [9.17, 15) is 0 Å². The van der Waals surface area contributed by atoms with Gasteiger partial charge in [-0.1, -0.05) is 23.7 Å². The molecule has 0 radical (unpaired) electrons. The van der Waals surface area contributed by atoms with Gasteiger partial charge in [-0.15, -0.1) is 0 Å². The molecule has 108 valence electrons. The predicted octanol–water partition coefficient (Wildman–Crippen LogP) is 2.79. The van der Waals surface area contributed by atoms with Crippen molar-refractivity contribution in [2.45, 2.75) is 51.5 Å². The Balaban J connectivity index is 1.80. The molecule has 1 aliphatic carbocycles. The largest absolute Gasteiger partial charge is 0.351 e. The summed E-state index contributed by atoms with van der Waals surface area (Å²) < 4.78 is 10.4. The Labute approximate surface area is 117 Å². The highest BCUT2D eigenvalue weighted by Crippen LogP contribution is 2.37. The number of hydrogen-bond donors (Lipinski definition) is 1. The van der Waals surface area contributed by atoms with E-state index in [0.29, 0.717) is 17.5 Å². The Morgan fingerprint density at radius 1 is 1.30 bits per heavy atom. The van der Waals surface area contributed by atoms with Crippen LogP contribution in [-0.4, -0.2) is 15.3 Å². The second kappa shape index (κ2) is 5.01. The van der Waals surface area contributed by atoms with Crippen molar-refractivity contribution in [2.24, 2.45) is 11.7 Å². The lowest BCUT2D eigenvalue weighted by Crippen LogP contribution is -2.41. The molecule has 0 aliphatic heterocycles. The number of hydrogen-bond acceptors (Lipinski definition) is 6. The highest BCUT2D eigenvalue weighted by atomic mass is 16.5. The summed E-state index contributed by atoms with van der Waals surface area (Å²) in [5, 5.41) is 7.87. The van der Waals surface area contributed by atoms with Crippen molar-refractivity contribution in [1.29, 1.82) is 0 Å². The van der Waals surface area contributed by atoms with Crippen LogP contribution in [0.2, 0.25) is 0 Å². The third kappa shape index (κ3) is 2.35. The van der Waals surface area contributed by atoms with E-state index in [1.165, 1.54) is 6.42 Å². The van der Waals surface area contributed by atoms with Crippen molar-refractivity contribution < 1.29 is 9.05 Å². The Morgan fingerprint density at radius 2 is 2.05 bits per heavy atom. The van der Waals surface area contributed by atoms with Crippen LogP contribution in [-0.2, 0) is 5.54 Å². The Kier molecular flexibility index (Phi) is 3.33. The zero-order valence-corrected chi connectivity index (χ0v) is 11.9. The number of aryl methyl sites for hydroxylation is 1. The summed E-state index contributed by atoms with van der Waals surface area (Å²) in [6.07, 6.45) is 5.27. The number of nitrogens with two attached hydrogens (primary N) is 1. The molecule has 1 aliphatic rings. The molecule has 0 amide bonds. The van der Waals surface area contributed by atoms with Gasteiger partial charge in [0.2, 0.25) is 5.76 Å². The average molecular weight is 276 g/mol. The first-order chi connectivity index (χ1) is 9.60. The molecule has 2 N–H and O–H groups in total. The smallest absolute Gasteiger partial charge is 0.296 e. The Hall–Kier alpha value is -1.69. The molecule has 0 aromatic carbocycles. The van der Waals surface area contributed by atoms with Crippen LogP contribution >= 0.6 is 0 Å². The van der Waals surface area contributed by atoms with Gasteiger partial charge in [0.25, 0.3) is 5.89 Å². The summed E-state index contributed by atoms with van der Waals surface area (Å²) in [6.45, 7) is 4.08. The van der Waals surface area contributed by atoms with Gasteiger partial charge in [-0.25, -0.2) is 0 Å². The molecule has 0 spiro atoms. The first-order valence-electron chi connectivity index (χ1n) is 7.17. The van der Waals surface area contributed by atoms with Gasteiger partial charge in [0.15, 0.2) is 5.82 Å². The van der Waals surface area contributed by atoms with Gasteiger partial charge in [-0.2, -0.15) is 4.98 Å². The average Bonchev–Trinajstić information content (AvgIpc) is 3.08. The molecule has 0 unspecified atom stereocenters. The molecule has 6 heteroatoms. The number of aromatic nitrogens is 3. The lowest BCUT2D eigenvalue weighted by molar-refractivity contribution is 0.216. The van der Waals surface area contributed by atoms with Crippen LogP contribution in [0.3, 0.4) is 0 Å². The van der Waals surface area contributed by atoms with Crippen molar-refractivity contribution >= 4 is 0 Å². The lowest BCUT2D eigenvalue weighted by atomic mass is 9.76. The fraction of sp³-hybridized carbons (Fsp3) is 0.643. The SMILES string of the molecule is CCC1CCC(N)(c2noc(-c3cc(C)no3)n2)CC1. The predicted molar refractivity (Wildman–Crippen MR) is 72.6 cm³/mol. The molecule has 20 heavy (non-hydrogen) atoms. The lowest BCUT2D eigenvalue weighted by Gasteiger charge is -2.34. The molecule has 2 aromatic heterocycles. The number of nitrogens with zero attached hydrogens (tertiary/aromatic N) is 3. The molecule has 1 fully saturated rings. The summed E-state index contributed by atoms with van der Waals surface area (Å²) in [5.41, 5.74) is 6.78. The maximum atomic E-state index is 6.46. The third-order valence-corrected chi connectivity index (χ3v) is 4.28. The normalized spacial score (nSPS) is 26.9. The molecular formula is C14H20N4O2. The second-order valence-electron chi connectivity index (χ2n) is 5.76. The molecule has 1 saturated carbocycles. The van der Waals surface area contributed by atoms with Crippen LogP contribution in [0.4, 0.5) is 0 Å². The maximum Gasteiger partial charge on any atom is 0.296 e. The van der Waals surface area contributed by atoms with Crippen molar-refractivity contribution in [3.63, 3.8) is 0 Å². The Morgan fingerprint density at radius 3 is 2.65 bits per heavy atom. The second-order valence-corrected chi connectivity index (χ2v) is 5.76. The van der Waals surface area contributed by atoms with E-state index in [1.807, 2.05) is 6.92 Å². The summed E-state index contributed by atoms with van der Waals surface area (Å²) in [4.78, 5) is 4.40. The van der Waals surface area contributed by atoms with E-state index in [4.69, 9.17) is 14.8 Å². The van der Waals surface area contributed by atoms with Crippen LogP contribution in [0.15, 0.2) is 15.1 Å². The fourth-order valence-electron chi connectivity index (χ4n) is 2.81. The van der Waals surface area contributed by atoms with Gasteiger partial charge in [-0.05, 0) is 38.5 Å². The van der Waals surface area contributed by atoms with Gasteiger partial charge in [0.1, 0.15) is 0 Å². The summed E-state index contributed by atoms with van der Waals surface area (Å²) in [5.74, 6) is 2.20. The van der Waals surface area contributed by atoms with Crippen LogP contribution in [0, 0.1) is 12.8 Å². The van der Waals surface area contributed by atoms with Crippen molar-refractivity contribution in [2.75, 3.05) is 0 Å². The molecule has 6 nitrogen and oxygen atoms in total. The van der Waals surface area contributed by atoms with Crippen LogP contribution in [0.25, 0.3) is 11.7 Å². The standard InChI is InChI=1S/C14H20N4O2/c1-3-10-4-6-14(15,7-5-10)13-16-12(20-18-13)11-8-9(2)17-19-11/h8,10H,3-7,15H2,1-2H3. The fourth-order valence-corrected chi connectivity index (χ4v) is 2.81. The first-order valence-corrected chi connectivity index (χ1v) is 7.17. The van der Waals surface area contributed by atoms with E-state index < -0.39 is 5.54 Å². The molecule has 0 atom stereocenters. The van der Waals surface area contributed by atoms with Crippen molar-refractivity contribution in [1.82, 2.24) is 15.3 Å². The minimum absolute atomic E-state index is 0.350. The zero-order chi connectivity index (χ0) is 14.2. The van der Waals surface area contributed by atoms with Gasteiger partial charge < -0.3 is 14.8 Å². The molecule has 2 aromatic rings. The monoisotopic (exact) mass is 276 g/mol. The summed E-state index contributed by atoms with van der Waals surface area (Å²) >= 11 is 0. The topological polar surface area (TPSA) is 91.0 Å². The third-order valence-electron chi connectivity index (χ3n) is 4.28. The van der Waals surface area contributed by atoms with E-state index in [2.05, 4.69) is 22.2 Å². The quantitative estimate of drug-likeness (QED) is 0.926. The van der Waals surface area contributed by atoms with Gasteiger partial charge in [0.05, 0.1) is 11.2 Å². The molecule has 3 rings (SSSR count). The van der Waals surface area contributed by atoms with Crippen LogP contribution in [0.5, 0.6) is 0 Å². The molecular weight excluding hydrogens is 256 g/mol. The molecule has 0 bridgehead atoms. The number of rotatable bonds is 3. The van der Waals surface area contributed by atoms with E-state index in [-0.39, 0.29) is 0 Å². The minimum atomic E-state index is -0.470. The van der Waals surface area contributed by atoms with E-state index >= 15 is 0 Å². The van der Waals surface area contributed by atoms with Gasteiger partial charge >= 0.3 is 0 Å². The maximum absolute atomic E-state index is 6.46. The van der Waals surface area contributed by atoms with Gasteiger partial charge in [0, 0.05) is 6.07 Å². The molecule has 0 saturated heterocycles. The van der Waals surface area contributed by atoms with Crippen molar-refractivity contribution in [3.8, 4) is 11.7 Å². The van der Waals surface area contributed by atoms with Crippen LogP contribution < -0.4 is 5.73 Å². The van der Waals surface area contributed by atoms with Crippen LogP contribution in [0.1, 0.15) is 50.5 Å². The Bertz CT molecular complexity index is 582. The molecule has 2 heterocycles. The van der Waals surface area contributed by atoms with E-state index in [1.54, 1.807) is 6.07 Å². The van der Waals surface area contributed by atoms with E-state index in [0.717, 1.165) is 37.3 Å². The summed E-state index contributed by atoms with van der Waals surface area (Å²) in [6, 6.07) is 1.77. The minimum Gasteiger partial charge on any atom is -0.351 e. The highest BCUT2D eigenvalue weighted by molar-refractivity contribution is 5.43. The first kappa shape index (κ1) is 13.3. The van der Waals surface area contributed by atoms with Gasteiger partial charge in [-0.3, -0.25) is 0 Å². The van der Waals surface area contributed by atoms with Crippen molar-refractivity contribution in [3.05, 3.63) is 17.6 Å². The summed E-state index contributed by atoms with van der Waals surface area (Å²) in [7, 11) is 0.